The van der Waals surface area contributed by atoms with E-state index < -0.39 is 10.0 Å². The third-order valence-electron chi connectivity index (χ3n) is 4.87. The molecule has 3 aromatic rings. The molecule has 0 saturated carbocycles. The van der Waals surface area contributed by atoms with Crippen molar-refractivity contribution in [3.05, 3.63) is 89.2 Å². The van der Waals surface area contributed by atoms with Crippen LogP contribution in [-0.2, 0) is 16.6 Å². The number of carbonyl (C=O) groups is 1. The van der Waals surface area contributed by atoms with Crippen LogP contribution in [0.3, 0.4) is 0 Å². The van der Waals surface area contributed by atoms with E-state index in [4.69, 9.17) is 4.74 Å². The molecule has 0 saturated heterocycles. The Balaban J connectivity index is 1.82. The highest BCUT2D eigenvalue weighted by Gasteiger charge is 2.23. The summed E-state index contributed by atoms with van der Waals surface area (Å²) in [5.41, 5.74) is 2.00. The Kier molecular flexibility index (Phi) is 6.60. The maximum Gasteiger partial charge on any atom is 0.264 e. The number of ether oxygens (including phenoxy) is 1. The Hall–Kier alpha value is -3.39. The molecule has 0 aliphatic rings. The molecule has 3 aromatic carbocycles. The molecule has 0 fully saturated rings. The number of sulfonamides is 1. The van der Waals surface area contributed by atoms with Crippen LogP contribution >= 0.6 is 0 Å². The van der Waals surface area contributed by atoms with Crippen molar-refractivity contribution in [3.8, 4) is 5.75 Å². The molecule has 1 amide bonds. The zero-order valence-corrected chi connectivity index (χ0v) is 18.2. The fraction of sp³-hybridized carbons (Fsp3) is 0.174. The number of nitrogens with zero attached hydrogens (tertiary/aromatic N) is 1. The molecule has 0 spiro atoms. The Morgan fingerprint density at radius 1 is 1.06 bits per heavy atom. The lowest BCUT2D eigenvalue weighted by atomic mass is 10.1. The number of carbonyl (C=O) groups excluding carboxylic acids is 1. The normalized spacial score (nSPS) is 11.1. The average Bonchev–Trinajstić information content (AvgIpc) is 2.77. The highest BCUT2D eigenvalue weighted by Crippen LogP contribution is 2.27. The second kappa shape index (κ2) is 9.18. The van der Waals surface area contributed by atoms with Crippen molar-refractivity contribution >= 4 is 21.6 Å². The number of hydrogen-bond donors (Lipinski definition) is 1. The van der Waals surface area contributed by atoms with Crippen LogP contribution in [0.2, 0.25) is 0 Å². The van der Waals surface area contributed by atoms with Gasteiger partial charge in [0.25, 0.3) is 15.9 Å². The number of hydrogen-bond acceptors (Lipinski definition) is 4. The Labute approximate surface area is 181 Å². The van der Waals surface area contributed by atoms with Crippen LogP contribution in [0.1, 0.15) is 21.5 Å². The molecular weight excluding hydrogens is 419 g/mol. The molecule has 0 aromatic heterocycles. The Morgan fingerprint density at radius 2 is 1.77 bits per heavy atom. The lowest BCUT2D eigenvalue weighted by Crippen LogP contribution is -2.28. The minimum Gasteiger partial charge on any atom is -0.497 e. The number of amides is 1. The van der Waals surface area contributed by atoms with Gasteiger partial charge in [-0.3, -0.25) is 9.10 Å². The van der Waals surface area contributed by atoms with Crippen LogP contribution in [-0.4, -0.2) is 28.5 Å². The van der Waals surface area contributed by atoms with Crippen molar-refractivity contribution in [2.24, 2.45) is 0 Å². The summed E-state index contributed by atoms with van der Waals surface area (Å²) in [5, 5.41) is 2.72. The maximum atomic E-state index is 13.3. The maximum absolute atomic E-state index is 13.3. The number of anilines is 1. The van der Waals surface area contributed by atoms with Crippen molar-refractivity contribution in [2.75, 3.05) is 18.5 Å². The number of nitrogens with one attached hydrogen (secondary N) is 1. The fourth-order valence-electron chi connectivity index (χ4n) is 3.06. The summed E-state index contributed by atoms with van der Waals surface area (Å²) in [4.78, 5) is 12.7. The minimum atomic E-state index is -3.84. The largest absolute Gasteiger partial charge is 0.497 e. The smallest absolute Gasteiger partial charge is 0.264 e. The molecule has 0 atom stereocenters. The van der Waals surface area contributed by atoms with Gasteiger partial charge in [-0.1, -0.05) is 18.2 Å². The molecule has 3 rings (SSSR count). The predicted molar refractivity (Wildman–Crippen MR) is 117 cm³/mol. The second-order valence-electron chi connectivity index (χ2n) is 6.96. The third kappa shape index (κ3) is 5.03. The Bertz CT molecular complexity index is 1190. The van der Waals surface area contributed by atoms with Gasteiger partial charge in [-0.15, -0.1) is 0 Å². The van der Waals surface area contributed by atoms with Crippen molar-refractivity contribution < 1.29 is 22.3 Å². The number of aryl methyl sites for hydroxylation is 1. The van der Waals surface area contributed by atoms with E-state index in [1.807, 2.05) is 0 Å². The van der Waals surface area contributed by atoms with Gasteiger partial charge in [-0.05, 0) is 66.6 Å². The van der Waals surface area contributed by atoms with E-state index in [1.165, 1.54) is 44.5 Å². The summed E-state index contributed by atoms with van der Waals surface area (Å²) in [7, 11) is -0.893. The van der Waals surface area contributed by atoms with Crippen molar-refractivity contribution in [1.82, 2.24) is 5.32 Å². The van der Waals surface area contributed by atoms with E-state index in [1.54, 1.807) is 43.3 Å². The molecule has 1 N–H and O–H groups in total. The summed E-state index contributed by atoms with van der Waals surface area (Å²) in [6.07, 6.45) is 0. The number of benzene rings is 3. The summed E-state index contributed by atoms with van der Waals surface area (Å²) in [6, 6.07) is 16.9. The molecular formula is C23H23FN2O4S. The van der Waals surface area contributed by atoms with Gasteiger partial charge in [-0.2, -0.15) is 0 Å². The van der Waals surface area contributed by atoms with E-state index in [0.29, 0.717) is 28.1 Å². The summed E-state index contributed by atoms with van der Waals surface area (Å²) < 4.78 is 45.6. The van der Waals surface area contributed by atoms with Crippen LogP contribution in [0.25, 0.3) is 0 Å². The van der Waals surface area contributed by atoms with Gasteiger partial charge in [0, 0.05) is 19.2 Å². The highest BCUT2D eigenvalue weighted by atomic mass is 32.2. The second-order valence-corrected chi connectivity index (χ2v) is 8.93. The molecule has 0 bridgehead atoms. The molecule has 0 unspecified atom stereocenters. The van der Waals surface area contributed by atoms with Crippen molar-refractivity contribution in [2.45, 2.75) is 18.4 Å². The summed E-state index contributed by atoms with van der Waals surface area (Å²) >= 11 is 0. The first-order chi connectivity index (χ1) is 14.7. The van der Waals surface area contributed by atoms with E-state index in [2.05, 4.69) is 5.32 Å². The molecule has 6 nitrogen and oxygen atoms in total. The van der Waals surface area contributed by atoms with Crippen LogP contribution in [0.5, 0.6) is 5.75 Å². The molecule has 0 aliphatic heterocycles. The number of halogens is 1. The topological polar surface area (TPSA) is 75.7 Å². The first-order valence-electron chi connectivity index (χ1n) is 9.48. The molecule has 0 aliphatic carbocycles. The van der Waals surface area contributed by atoms with Gasteiger partial charge in [0.15, 0.2) is 0 Å². The van der Waals surface area contributed by atoms with Crippen LogP contribution in [0.15, 0.2) is 71.6 Å². The van der Waals surface area contributed by atoms with Gasteiger partial charge in [0.1, 0.15) is 11.6 Å². The number of methoxy groups -OCH3 is 1. The van der Waals surface area contributed by atoms with Gasteiger partial charge < -0.3 is 10.1 Å². The van der Waals surface area contributed by atoms with Gasteiger partial charge in [0.05, 0.1) is 17.7 Å². The average molecular weight is 443 g/mol. The summed E-state index contributed by atoms with van der Waals surface area (Å²) in [6.45, 7) is 1.92. The van der Waals surface area contributed by atoms with Crippen LogP contribution in [0, 0.1) is 12.7 Å². The summed E-state index contributed by atoms with van der Waals surface area (Å²) in [5.74, 6) is -0.217. The van der Waals surface area contributed by atoms with Gasteiger partial charge >= 0.3 is 0 Å². The van der Waals surface area contributed by atoms with Crippen molar-refractivity contribution in [3.63, 3.8) is 0 Å². The van der Waals surface area contributed by atoms with Crippen LogP contribution in [0.4, 0.5) is 10.1 Å². The fourth-order valence-corrected chi connectivity index (χ4v) is 4.31. The minimum absolute atomic E-state index is 0.108. The lowest BCUT2D eigenvalue weighted by molar-refractivity contribution is 0.0951. The standard InChI is InChI=1S/C23H23FN2O4S/c1-16-7-8-18(23(27)25-15-17-5-4-6-19(24)13-17)14-22(16)26(2)31(28,29)21-11-9-20(30-3)10-12-21/h4-14H,15H2,1-3H3,(H,25,27). The van der Waals surface area contributed by atoms with E-state index in [-0.39, 0.29) is 23.2 Å². The first kappa shape index (κ1) is 22.3. The molecule has 31 heavy (non-hydrogen) atoms. The molecule has 0 radical (unpaired) electrons. The molecule has 162 valence electrons. The van der Waals surface area contributed by atoms with E-state index in [9.17, 15) is 17.6 Å². The Morgan fingerprint density at radius 3 is 2.42 bits per heavy atom. The SMILES string of the molecule is COc1ccc(S(=O)(=O)N(C)c2cc(C(=O)NCc3cccc(F)c3)ccc2C)cc1. The van der Waals surface area contributed by atoms with Gasteiger partial charge in [-0.25, -0.2) is 12.8 Å². The van der Waals surface area contributed by atoms with E-state index in [0.717, 1.165) is 4.31 Å². The van der Waals surface area contributed by atoms with Crippen molar-refractivity contribution in [1.29, 1.82) is 0 Å². The third-order valence-corrected chi connectivity index (χ3v) is 6.66. The monoisotopic (exact) mass is 442 g/mol. The molecule has 8 heteroatoms. The first-order valence-corrected chi connectivity index (χ1v) is 10.9. The highest BCUT2D eigenvalue weighted by molar-refractivity contribution is 7.92. The number of rotatable bonds is 7. The zero-order valence-electron chi connectivity index (χ0n) is 17.4. The predicted octanol–water partition coefficient (Wildman–Crippen LogP) is 3.90. The van der Waals surface area contributed by atoms with Gasteiger partial charge in [0.2, 0.25) is 0 Å². The van der Waals surface area contributed by atoms with E-state index >= 15 is 0 Å². The lowest BCUT2D eigenvalue weighted by Gasteiger charge is -2.22. The molecule has 0 heterocycles. The van der Waals surface area contributed by atoms with Crippen LogP contribution < -0.4 is 14.4 Å². The quantitative estimate of drug-likeness (QED) is 0.602. The zero-order chi connectivity index (χ0) is 22.6.